The predicted molar refractivity (Wildman–Crippen MR) is 103 cm³/mol. The lowest BCUT2D eigenvalue weighted by atomic mass is 10.1. The van der Waals surface area contributed by atoms with Crippen molar-refractivity contribution >= 4 is 23.2 Å². The number of nitrogens with zero attached hydrogens (tertiary/aromatic N) is 1. The standard InChI is InChI=1S/C20H29N3O3/c1-26-13-5-10-21-20(25)17-14-16(22-19(24)15-6-7-15)8-9-18(17)23-11-3-2-4-12-23/h8-9,14-15H,2-7,10-13H2,1H3,(H,21,25)(H,22,24). The van der Waals surface area contributed by atoms with Gasteiger partial charge in [-0.25, -0.2) is 0 Å². The Morgan fingerprint density at radius 2 is 1.96 bits per heavy atom. The molecule has 2 fully saturated rings. The first-order valence-electron chi connectivity index (χ1n) is 9.66. The van der Waals surface area contributed by atoms with E-state index in [0.717, 1.165) is 50.9 Å². The maximum atomic E-state index is 12.8. The van der Waals surface area contributed by atoms with Crippen LogP contribution in [-0.4, -0.2) is 45.2 Å². The Balaban J connectivity index is 1.75. The van der Waals surface area contributed by atoms with E-state index < -0.39 is 0 Å². The van der Waals surface area contributed by atoms with Gasteiger partial charge in [-0.1, -0.05) is 0 Å². The van der Waals surface area contributed by atoms with Gasteiger partial charge >= 0.3 is 0 Å². The third-order valence-corrected chi connectivity index (χ3v) is 4.96. The van der Waals surface area contributed by atoms with Crippen LogP contribution >= 0.6 is 0 Å². The summed E-state index contributed by atoms with van der Waals surface area (Å²) < 4.78 is 5.03. The van der Waals surface area contributed by atoms with E-state index in [2.05, 4.69) is 15.5 Å². The highest BCUT2D eigenvalue weighted by molar-refractivity contribution is 6.02. The van der Waals surface area contributed by atoms with E-state index in [4.69, 9.17) is 4.74 Å². The van der Waals surface area contributed by atoms with Crippen molar-refractivity contribution in [3.8, 4) is 0 Å². The van der Waals surface area contributed by atoms with Gasteiger partial charge in [0.15, 0.2) is 0 Å². The van der Waals surface area contributed by atoms with Gasteiger partial charge in [-0.3, -0.25) is 9.59 Å². The van der Waals surface area contributed by atoms with Crippen LogP contribution in [0.4, 0.5) is 11.4 Å². The Kier molecular flexibility index (Phi) is 6.50. The molecule has 1 saturated carbocycles. The van der Waals surface area contributed by atoms with E-state index in [1.165, 1.54) is 6.42 Å². The first kappa shape index (κ1) is 18.7. The number of nitrogens with one attached hydrogen (secondary N) is 2. The average Bonchev–Trinajstić information content (AvgIpc) is 3.51. The molecule has 0 spiro atoms. The normalized spacial score (nSPS) is 17.0. The first-order chi connectivity index (χ1) is 12.7. The molecule has 2 aliphatic rings. The van der Waals surface area contributed by atoms with Crippen LogP contribution in [-0.2, 0) is 9.53 Å². The number of carbonyl (C=O) groups excluding carboxylic acids is 2. The highest BCUT2D eigenvalue weighted by atomic mass is 16.5. The molecule has 1 heterocycles. The van der Waals surface area contributed by atoms with Crippen LogP contribution in [0.15, 0.2) is 18.2 Å². The van der Waals surface area contributed by atoms with Gasteiger partial charge in [0.05, 0.1) is 5.56 Å². The zero-order valence-electron chi connectivity index (χ0n) is 15.6. The van der Waals surface area contributed by atoms with Crippen molar-refractivity contribution in [3.63, 3.8) is 0 Å². The van der Waals surface area contributed by atoms with Crippen LogP contribution in [0.5, 0.6) is 0 Å². The van der Waals surface area contributed by atoms with Gasteiger partial charge in [0, 0.05) is 50.6 Å². The molecule has 6 heteroatoms. The smallest absolute Gasteiger partial charge is 0.253 e. The van der Waals surface area contributed by atoms with E-state index in [0.29, 0.717) is 24.4 Å². The second-order valence-electron chi connectivity index (χ2n) is 7.15. The molecule has 1 aliphatic heterocycles. The quantitative estimate of drug-likeness (QED) is 0.700. The van der Waals surface area contributed by atoms with Crippen molar-refractivity contribution in [2.45, 2.75) is 38.5 Å². The summed E-state index contributed by atoms with van der Waals surface area (Å²) in [6.45, 7) is 3.14. The van der Waals surface area contributed by atoms with Crippen molar-refractivity contribution < 1.29 is 14.3 Å². The molecular weight excluding hydrogens is 330 g/mol. The van der Waals surface area contributed by atoms with E-state index in [9.17, 15) is 9.59 Å². The Labute approximate surface area is 155 Å². The highest BCUT2D eigenvalue weighted by Crippen LogP contribution is 2.31. The minimum Gasteiger partial charge on any atom is -0.385 e. The van der Waals surface area contributed by atoms with Gasteiger partial charge in [0.1, 0.15) is 0 Å². The fourth-order valence-electron chi connectivity index (χ4n) is 3.31. The van der Waals surface area contributed by atoms with Gasteiger partial charge < -0.3 is 20.3 Å². The fourth-order valence-corrected chi connectivity index (χ4v) is 3.31. The fraction of sp³-hybridized carbons (Fsp3) is 0.600. The zero-order chi connectivity index (χ0) is 18.4. The molecule has 0 aromatic heterocycles. The van der Waals surface area contributed by atoms with Crippen LogP contribution < -0.4 is 15.5 Å². The molecule has 2 amide bonds. The molecular formula is C20H29N3O3. The summed E-state index contributed by atoms with van der Waals surface area (Å²) in [6, 6.07) is 5.69. The second kappa shape index (κ2) is 9.03. The number of piperidine rings is 1. The summed E-state index contributed by atoms with van der Waals surface area (Å²) in [5.41, 5.74) is 2.29. The van der Waals surface area contributed by atoms with Gasteiger partial charge in [0.25, 0.3) is 5.91 Å². The van der Waals surface area contributed by atoms with Crippen LogP contribution in [0, 0.1) is 5.92 Å². The number of amides is 2. The van der Waals surface area contributed by atoms with Crippen LogP contribution in [0.3, 0.4) is 0 Å². The number of methoxy groups -OCH3 is 1. The van der Waals surface area contributed by atoms with Crippen molar-refractivity contribution in [2.75, 3.05) is 43.6 Å². The second-order valence-corrected chi connectivity index (χ2v) is 7.15. The van der Waals surface area contributed by atoms with Crippen LogP contribution in [0.2, 0.25) is 0 Å². The Hall–Kier alpha value is -2.08. The summed E-state index contributed by atoms with van der Waals surface area (Å²) >= 11 is 0. The predicted octanol–water partition coefficient (Wildman–Crippen LogP) is 2.79. The zero-order valence-corrected chi connectivity index (χ0v) is 15.6. The topological polar surface area (TPSA) is 70.7 Å². The van der Waals surface area contributed by atoms with Gasteiger partial charge in [-0.15, -0.1) is 0 Å². The summed E-state index contributed by atoms with van der Waals surface area (Å²) in [4.78, 5) is 27.1. The van der Waals surface area contributed by atoms with Crippen molar-refractivity contribution in [2.24, 2.45) is 5.92 Å². The van der Waals surface area contributed by atoms with Gasteiger partial charge in [-0.2, -0.15) is 0 Å². The molecule has 142 valence electrons. The SMILES string of the molecule is COCCCNC(=O)c1cc(NC(=O)C2CC2)ccc1N1CCCCC1. The molecule has 1 aliphatic carbocycles. The maximum Gasteiger partial charge on any atom is 0.253 e. The van der Waals surface area contributed by atoms with E-state index in [1.54, 1.807) is 7.11 Å². The third kappa shape index (κ3) is 4.97. The van der Waals surface area contributed by atoms with Gasteiger partial charge in [0.2, 0.25) is 5.91 Å². The maximum absolute atomic E-state index is 12.8. The average molecular weight is 359 g/mol. The Bertz CT molecular complexity index is 637. The number of hydrogen-bond donors (Lipinski definition) is 2. The minimum absolute atomic E-state index is 0.0576. The number of anilines is 2. The van der Waals surface area contributed by atoms with Crippen molar-refractivity contribution in [1.82, 2.24) is 5.32 Å². The molecule has 1 aromatic rings. The molecule has 6 nitrogen and oxygen atoms in total. The Morgan fingerprint density at radius 1 is 1.19 bits per heavy atom. The number of rotatable bonds is 8. The largest absolute Gasteiger partial charge is 0.385 e. The molecule has 26 heavy (non-hydrogen) atoms. The molecule has 2 N–H and O–H groups in total. The van der Waals surface area contributed by atoms with E-state index >= 15 is 0 Å². The molecule has 0 radical (unpaired) electrons. The molecule has 1 saturated heterocycles. The summed E-state index contributed by atoms with van der Waals surface area (Å²) in [6.07, 6.45) is 6.24. The number of hydrogen-bond acceptors (Lipinski definition) is 4. The molecule has 1 aromatic carbocycles. The number of benzene rings is 1. The first-order valence-corrected chi connectivity index (χ1v) is 9.66. The summed E-state index contributed by atoms with van der Waals surface area (Å²) in [5.74, 6) is 0.106. The number of ether oxygens (including phenoxy) is 1. The molecule has 0 atom stereocenters. The molecule has 0 bridgehead atoms. The van der Waals surface area contributed by atoms with E-state index in [-0.39, 0.29) is 17.7 Å². The van der Waals surface area contributed by atoms with Crippen molar-refractivity contribution in [3.05, 3.63) is 23.8 Å². The Morgan fingerprint density at radius 3 is 2.65 bits per heavy atom. The van der Waals surface area contributed by atoms with Gasteiger partial charge in [-0.05, 0) is 56.7 Å². The van der Waals surface area contributed by atoms with Crippen LogP contribution in [0.1, 0.15) is 48.9 Å². The summed E-state index contributed by atoms with van der Waals surface area (Å²) in [7, 11) is 1.66. The lowest BCUT2D eigenvalue weighted by Crippen LogP contribution is -2.33. The highest BCUT2D eigenvalue weighted by Gasteiger charge is 2.30. The molecule has 0 unspecified atom stereocenters. The monoisotopic (exact) mass is 359 g/mol. The minimum atomic E-state index is -0.0933. The van der Waals surface area contributed by atoms with Crippen LogP contribution in [0.25, 0.3) is 0 Å². The third-order valence-electron chi connectivity index (χ3n) is 4.96. The lowest BCUT2D eigenvalue weighted by molar-refractivity contribution is -0.117. The lowest BCUT2D eigenvalue weighted by Gasteiger charge is -2.30. The number of carbonyl (C=O) groups is 2. The molecule has 3 rings (SSSR count). The summed E-state index contributed by atoms with van der Waals surface area (Å²) in [5, 5.41) is 5.92. The van der Waals surface area contributed by atoms with Crippen molar-refractivity contribution in [1.29, 1.82) is 0 Å². The van der Waals surface area contributed by atoms with E-state index in [1.807, 2.05) is 18.2 Å².